The predicted octanol–water partition coefficient (Wildman–Crippen LogP) is 3.11. The Morgan fingerprint density at radius 2 is 2.09 bits per heavy atom. The first-order valence-corrected chi connectivity index (χ1v) is 7.28. The number of nitrogens with one attached hydrogen (secondary N) is 1. The van der Waals surface area contributed by atoms with Crippen molar-refractivity contribution in [2.45, 2.75) is 19.3 Å². The molecule has 2 rings (SSSR count). The summed E-state index contributed by atoms with van der Waals surface area (Å²) in [7, 11) is 0. The third kappa shape index (κ3) is 5.32. The van der Waals surface area contributed by atoms with Crippen LogP contribution in [0.1, 0.15) is 23.3 Å². The number of halogens is 3. The molecule has 0 aliphatic carbocycles. The van der Waals surface area contributed by atoms with Crippen molar-refractivity contribution < 1.29 is 13.6 Å². The Hall–Kier alpha value is -1.57. The van der Waals surface area contributed by atoms with Gasteiger partial charge in [-0.3, -0.25) is 4.79 Å². The molecule has 1 aromatic carbocycles. The van der Waals surface area contributed by atoms with E-state index in [1.165, 1.54) is 17.4 Å². The van der Waals surface area contributed by atoms with E-state index in [1.54, 1.807) is 6.20 Å². The minimum Gasteiger partial charge on any atom is -0.330 e. The third-order valence-corrected chi connectivity index (χ3v) is 3.68. The Morgan fingerprint density at radius 1 is 1.32 bits per heavy atom. The Kier molecular flexibility index (Phi) is 7.37. The van der Waals surface area contributed by atoms with Crippen molar-refractivity contribution in [3.8, 4) is 0 Å². The molecule has 1 amide bonds. The number of anilines is 1. The largest absolute Gasteiger partial charge is 0.330 e. The number of amides is 1. The molecule has 4 nitrogen and oxygen atoms in total. The second-order valence-corrected chi connectivity index (χ2v) is 5.61. The molecule has 0 spiro atoms. The van der Waals surface area contributed by atoms with Gasteiger partial charge in [0, 0.05) is 23.9 Å². The predicted molar refractivity (Wildman–Crippen MR) is 85.4 cm³/mol. The summed E-state index contributed by atoms with van der Waals surface area (Å²) in [6, 6.07) is 3.79. The molecular formula is C14H16ClF2N3OS. The zero-order valence-corrected chi connectivity index (χ0v) is 13.3. The average Bonchev–Trinajstić information content (AvgIpc) is 2.88. The molecule has 0 saturated carbocycles. The summed E-state index contributed by atoms with van der Waals surface area (Å²) in [5.41, 5.74) is 5.98. The van der Waals surface area contributed by atoms with Gasteiger partial charge >= 0.3 is 0 Å². The highest BCUT2D eigenvalue weighted by atomic mass is 35.5. The maximum atomic E-state index is 13.1. The quantitative estimate of drug-likeness (QED) is 0.843. The number of hydrogen-bond acceptors (Lipinski definition) is 4. The molecule has 2 aromatic rings. The van der Waals surface area contributed by atoms with Crippen molar-refractivity contribution in [1.29, 1.82) is 0 Å². The van der Waals surface area contributed by atoms with Gasteiger partial charge in [0.25, 0.3) is 0 Å². The van der Waals surface area contributed by atoms with Gasteiger partial charge in [0.15, 0.2) is 16.8 Å². The average molecular weight is 348 g/mol. The normalized spacial score (nSPS) is 10.1. The lowest BCUT2D eigenvalue weighted by Crippen LogP contribution is -2.13. The summed E-state index contributed by atoms with van der Waals surface area (Å²) in [5, 5.41) is 3.18. The summed E-state index contributed by atoms with van der Waals surface area (Å²) in [6.07, 6.45) is 3.03. The van der Waals surface area contributed by atoms with Crippen LogP contribution in [-0.4, -0.2) is 17.4 Å². The summed E-state index contributed by atoms with van der Waals surface area (Å²) in [6.45, 7) is 0.465. The van der Waals surface area contributed by atoms with E-state index < -0.39 is 11.6 Å². The van der Waals surface area contributed by atoms with Crippen LogP contribution in [0.25, 0.3) is 0 Å². The zero-order chi connectivity index (χ0) is 15.2. The van der Waals surface area contributed by atoms with Gasteiger partial charge in [0.2, 0.25) is 5.91 Å². The molecule has 0 atom stereocenters. The molecular weight excluding hydrogens is 332 g/mol. The molecule has 0 radical (unpaired) electrons. The Labute approximate surface area is 137 Å². The van der Waals surface area contributed by atoms with Crippen molar-refractivity contribution in [3.05, 3.63) is 46.5 Å². The fraction of sp³-hybridized carbons (Fsp3) is 0.286. The summed E-state index contributed by atoms with van der Waals surface area (Å²) in [5.74, 6) is -1.86. The first-order valence-electron chi connectivity index (χ1n) is 6.47. The Balaban J connectivity index is 0.00000242. The minimum absolute atomic E-state index is 0. The van der Waals surface area contributed by atoms with Gasteiger partial charge in [-0.2, -0.15) is 0 Å². The smallest absolute Gasteiger partial charge is 0.226 e. The Bertz CT molecular complexity index is 636. The lowest BCUT2D eigenvalue weighted by Gasteiger charge is -2.00. The topological polar surface area (TPSA) is 68.0 Å². The van der Waals surface area contributed by atoms with Crippen LogP contribution in [0, 0.1) is 11.6 Å². The molecule has 0 unspecified atom stereocenters. The van der Waals surface area contributed by atoms with Gasteiger partial charge in [-0.15, -0.1) is 23.7 Å². The van der Waals surface area contributed by atoms with Crippen molar-refractivity contribution in [1.82, 2.24) is 4.98 Å². The van der Waals surface area contributed by atoms with Gasteiger partial charge in [0.1, 0.15) is 0 Å². The molecule has 1 aromatic heterocycles. The number of aromatic nitrogens is 1. The van der Waals surface area contributed by atoms with E-state index in [-0.39, 0.29) is 18.3 Å². The number of benzene rings is 1. The second kappa shape index (κ2) is 8.77. The van der Waals surface area contributed by atoms with E-state index in [9.17, 15) is 13.6 Å². The first-order chi connectivity index (χ1) is 10.1. The molecule has 8 heteroatoms. The molecule has 0 aliphatic heterocycles. The Morgan fingerprint density at radius 3 is 2.77 bits per heavy atom. The van der Waals surface area contributed by atoms with Crippen LogP contribution < -0.4 is 11.1 Å². The lowest BCUT2D eigenvalue weighted by atomic mass is 10.1. The summed E-state index contributed by atoms with van der Waals surface area (Å²) >= 11 is 1.31. The van der Waals surface area contributed by atoms with Crippen molar-refractivity contribution in [2.24, 2.45) is 5.73 Å². The van der Waals surface area contributed by atoms with Crippen molar-refractivity contribution >= 4 is 34.8 Å². The summed E-state index contributed by atoms with van der Waals surface area (Å²) in [4.78, 5) is 16.5. The highest BCUT2D eigenvalue weighted by Gasteiger charge is 2.08. The third-order valence-electron chi connectivity index (χ3n) is 2.77. The lowest BCUT2D eigenvalue weighted by molar-refractivity contribution is -0.116. The number of carbonyl (C=O) groups is 1. The molecule has 0 fully saturated rings. The van der Waals surface area contributed by atoms with Crippen molar-refractivity contribution in [3.63, 3.8) is 0 Å². The van der Waals surface area contributed by atoms with Crippen LogP contribution in [0.4, 0.5) is 13.9 Å². The number of carbonyl (C=O) groups excluding carboxylic acids is 1. The monoisotopic (exact) mass is 347 g/mol. The van der Waals surface area contributed by atoms with E-state index in [1.807, 2.05) is 0 Å². The fourth-order valence-electron chi connectivity index (χ4n) is 1.74. The first kappa shape index (κ1) is 18.5. The molecule has 22 heavy (non-hydrogen) atoms. The number of thiazole rings is 1. The van der Waals surface area contributed by atoms with Crippen LogP contribution in [0.2, 0.25) is 0 Å². The molecule has 120 valence electrons. The van der Waals surface area contributed by atoms with Crippen LogP contribution in [0.15, 0.2) is 24.4 Å². The van der Waals surface area contributed by atoms with Gasteiger partial charge in [0.05, 0.1) is 0 Å². The number of hydrogen-bond donors (Lipinski definition) is 2. The standard InChI is InChI=1S/C14H15F2N3OS.ClH/c15-11-4-3-9(7-12(11)16)6-10-8-18-14(21-10)19-13(20)2-1-5-17;/h3-4,7-8H,1-2,5-6,17H2,(H,18,19,20);1H. The fourth-order valence-corrected chi connectivity index (χ4v) is 2.61. The van der Waals surface area contributed by atoms with Crippen LogP contribution in [0.3, 0.4) is 0 Å². The van der Waals surface area contributed by atoms with E-state index in [4.69, 9.17) is 5.73 Å². The van der Waals surface area contributed by atoms with Crippen molar-refractivity contribution in [2.75, 3.05) is 11.9 Å². The van der Waals surface area contributed by atoms with Crippen LogP contribution >= 0.6 is 23.7 Å². The zero-order valence-electron chi connectivity index (χ0n) is 11.6. The van der Waals surface area contributed by atoms with Gasteiger partial charge in [-0.05, 0) is 30.7 Å². The number of nitrogens with two attached hydrogens (primary N) is 1. The van der Waals surface area contributed by atoms with E-state index in [0.29, 0.717) is 36.5 Å². The van der Waals surface area contributed by atoms with E-state index in [0.717, 1.165) is 17.0 Å². The van der Waals surface area contributed by atoms with Crippen LogP contribution in [0.5, 0.6) is 0 Å². The van der Waals surface area contributed by atoms with Gasteiger partial charge in [-0.25, -0.2) is 13.8 Å². The van der Waals surface area contributed by atoms with E-state index in [2.05, 4.69) is 10.3 Å². The molecule has 0 aliphatic rings. The maximum Gasteiger partial charge on any atom is 0.226 e. The highest BCUT2D eigenvalue weighted by Crippen LogP contribution is 2.22. The number of nitrogens with zero attached hydrogens (tertiary/aromatic N) is 1. The molecule has 1 heterocycles. The van der Waals surface area contributed by atoms with Crippen LogP contribution in [-0.2, 0) is 11.2 Å². The van der Waals surface area contributed by atoms with Gasteiger partial charge in [-0.1, -0.05) is 6.07 Å². The highest BCUT2D eigenvalue weighted by molar-refractivity contribution is 7.15. The van der Waals surface area contributed by atoms with Gasteiger partial charge < -0.3 is 11.1 Å². The molecule has 0 bridgehead atoms. The summed E-state index contributed by atoms with van der Waals surface area (Å²) < 4.78 is 26.0. The maximum absolute atomic E-state index is 13.1. The minimum atomic E-state index is -0.868. The molecule has 0 saturated heterocycles. The number of rotatable bonds is 6. The SMILES string of the molecule is Cl.NCCCC(=O)Nc1ncc(Cc2ccc(F)c(F)c2)s1. The second-order valence-electron chi connectivity index (χ2n) is 4.50. The molecule has 3 N–H and O–H groups in total. The van der Waals surface area contributed by atoms with E-state index >= 15 is 0 Å².